The van der Waals surface area contributed by atoms with Crippen LogP contribution in [0, 0.1) is 0 Å². The minimum Gasteiger partial charge on any atom is -0.493 e. The number of halogens is 1. The Labute approximate surface area is 126 Å². The van der Waals surface area contributed by atoms with E-state index in [1.165, 1.54) is 0 Å². The third kappa shape index (κ3) is 2.20. The van der Waals surface area contributed by atoms with Gasteiger partial charge in [0.25, 0.3) is 14.2 Å². The summed E-state index contributed by atoms with van der Waals surface area (Å²) < 4.78 is 30.4. The molecule has 1 saturated carbocycles. The van der Waals surface area contributed by atoms with E-state index in [-0.39, 0.29) is 11.2 Å². The van der Waals surface area contributed by atoms with Crippen LogP contribution in [-0.2, 0) is 15.5 Å². The Morgan fingerprint density at radius 3 is 2.81 bits per heavy atom. The average molecular weight is 326 g/mol. The standard InChI is InChI=1S/C13H12ClN3O3S/c14-21(18,19)13-16-15-12(17(13)10-2-3-10)9-1-4-11-8(7-9)5-6-20-11/h1,4,7,10H,2-3,5-6H2. The minimum absolute atomic E-state index is 0.114. The zero-order valence-electron chi connectivity index (χ0n) is 11.0. The van der Waals surface area contributed by atoms with Gasteiger partial charge >= 0.3 is 0 Å². The first-order chi connectivity index (χ1) is 10.0. The topological polar surface area (TPSA) is 74.1 Å². The second kappa shape index (κ2) is 4.45. The molecular formula is C13H12ClN3O3S. The Morgan fingerprint density at radius 2 is 2.10 bits per heavy atom. The Hall–Kier alpha value is -1.60. The second-order valence-electron chi connectivity index (χ2n) is 5.27. The number of fused-ring (bicyclic) bond motifs is 1. The van der Waals surface area contributed by atoms with E-state index in [2.05, 4.69) is 10.2 Å². The van der Waals surface area contributed by atoms with Crippen molar-refractivity contribution in [3.63, 3.8) is 0 Å². The van der Waals surface area contributed by atoms with Crippen LogP contribution in [0.3, 0.4) is 0 Å². The summed E-state index contributed by atoms with van der Waals surface area (Å²) >= 11 is 0. The summed E-state index contributed by atoms with van der Waals surface area (Å²) in [5.41, 5.74) is 1.94. The molecule has 21 heavy (non-hydrogen) atoms. The van der Waals surface area contributed by atoms with Gasteiger partial charge in [0.15, 0.2) is 5.82 Å². The van der Waals surface area contributed by atoms with Crippen LogP contribution >= 0.6 is 10.7 Å². The molecule has 8 heteroatoms. The molecule has 0 unspecified atom stereocenters. The molecule has 2 aromatic rings. The molecule has 6 nitrogen and oxygen atoms in total. The lowest BCUT2D eigenvalue weighted by atomic mass is 10.1. The van der Waals surface area contributed by atoms with E-state index >= 15 is 0 Å². The van der Waals surface area contributed by atoms with Gasteiger partial charge in [0.2, 0.25) is 0 Å². The van der Waals surface area contributed by atoms with Gasteiger partial charge in [-0.15, -0.1) is 10.2 Å². The van der Waals surface area contributed by atoms with Crippen LogP contribution in [-0.4, -0.2) is 29.8 Å². The van der Waals surface area contributed by atoms with Gasteiger partial charge in [-0.05, 0) is 36.6 Å². The predicted molar refractivity (Wildman–Crippen MR) is 76.0 cm³/mol. The van der Waals surface area contributed by atoms with Crippen LogP contribution in [0.25, 0.3) is 11.4 Å². The molecule has 0 N–H and O–H groups in total. The van der Waals surface area contributed by atoms with Crippen LogP contribution < -0.4 is 4.74 Å². The van der Waals surface area contributed by atoms with E-state index in [1.807, 2.05) is 18.2 Å². The van der Waals surface area contributed by atoms with Crippen molar-refractivity contribution in [2.45, 2.75) is 30.5 Å². The first-order valence-electron chi connectivity index (χ1n) is 6.70. The fraction of sp³-hybridized carbons (Fsp3) is 0.385. The van der Waals surface area contributed by atoms with Crippen molar-refractivity contribution < 1.29 is 13.2 Å². The molecule has 0 atom stereocenters. The van der Waals surface area contributed by atoms with Crippen LogP contribution in [0.4, 0.5) is 0 Å². The predicted octanol–water partition coefficient (Wildman–Crippen LogP) is 2.14. The second-order valence-corrected chi connectivity index (χ2v) is 7.73. The summed E-state index contributed by atoms with van der Waals surface area (Å²) in [7, 11) is 1.56. The molecule has 1 aliphatic carbocycles. The number of rotatable bonds is 3. The zero-order valence-corrected chi connectivity index (χ0v) is 12.6. The highest BCUT2D eigenvalue weighted by atomic mass is 35.7. The molecule has 2 heterocycles. The Balaban J connectivity index is 1.87. The Bertz CT molecular complexity index is 827. The highest BCUT2D eigenvalue weighted by Crippen LogP contribution is 2.41. The molecular weight excluding hydrogens is 314 g/mol. The summed E-state index contributed by atoms with van der Waals surface area (Å²) in [5, 5.41) is 7.66. The Morgan fingerprint density at radius 1 is 1.29 bits per heavy atom. The van der Waals surface area contributed by atoms with Gasteiger partial charge in [-0.3, -0.25) is 4.57 Å². The van der Waals surface area contributed by atoms with Gasteiger partial charge in [0, 0.05) is 28.7 Å². The fourth-order valence-electron chi connectivity index (χ4n) is 2.63. The van der Waals surface area contributed by atoms with Crippen molar-refractivity contribution in [3.8, 4) is 17.1 Å². The molecule has 0 amide bonds. The third-order valence-corrected chi connectivity index (χ3v) is 4.87. The number of hydrogen-bond donors (Lipinski definition) is 0. The summed E-state index contributed by atoms with van der Waals surface area (Å²) in [6.07, 6.45) is 2.68. The van der Waals surface area contributed by atoms with E-state index < -0.39 is 9.05 Å². The van der Waals surface area contributed by atoms with E-state index in [0.717, 1.165) is 36.1 Å². The van der Waals surface area contributed by atoms with Gasteiger partial charge in [0.1, 0.15) is 5.75 Å². The van der Waals surface area contributed by atoms with Crippen LogP contribution in [0.2, 0.25) is 0 Å². The number of hydrogen-bond acceptors (Lipinski definition) is 5. The summed E-state index contributed by atoms with van der Waals surface area (Å²) in [5.74, 6) is 1.42. The lowest BCUT2D eigenvalue weighted by molar-refractivity contribution is 0.357. The monoisotopic (exact) mass is 325 g/mol. The fourth-order valence-corrected chi connectivity index (χ4v) is 3.55. The maximum Gasteiger partial charge on any atom is 0.296 e. The molecule has 4 rings (SSSR count). The third-order valence-electron chi connectivity index (χ3n) is 3.74. The smallest absolute Gasteiger partial charge is 0.296 e. The number of ether oxygens (including phenoxy) is 1. The molecule has 0 radical (unpaired) electrons. The zero-order chi connectivity index (χ0) is 14.6. The first kappa shape index (κ1) is 13.1. The number of benzene rings is 1. The SMILES string of the molecule is O=S(=O)(Cl)c1nnc(-c2ccc3c(c2)CCO3)n1C1CC1. The number of aromatic nitrogens is 3. The summed E-state index contributed by atoms with van der Waals surface area (Å²) in [6.45, 7) is 0.676. The van der Waals surface area contributed by atoms with E-state index in [4.69, 9.17) is 15.4 Å². The van der Waals surface area contributed by atoms with Gasteiger partial charge in [-0.1, -0.05) is 0 Å². The molecule has 0 spiro atoms. The lowest BCUT2D eigenvalue weighted by Gasteiger charge is -2.08. The highest BCUT2D eigenvalue weighted by molar-refractivity contribution is 8.13. The van der Waals surface area contributed by atoms with Gasteiger partial charge in [-0.2, -0.15) is 0 Å². The lowest BCUT2D eigenvalue weighted by Crippen LogP contribution is -2.06. The molecule has 1 aromatic carbocycles. The quantitative estimate of drug-likeness (QED) is 0.808. The van der Waals surface area contributed by atoms with Gasteiger partial charge < -0.3 is 4.74 Å². The number of nitrogens with zero attached hydrogens (tertiary/aromatic N) is 3. The summed E-state index contributed by atoms with van der Waals surface area (Å²) in [4.78, 5) is 0. The van der Waals surface area contributed by atoms with E-state index in [9.17, 15) is 8.42 Å². The van der Waals surface area contributed by atoms with Crippen molar-refractivity contribution in [2.75, 3.05) is 6.61 Å². The molecule has 1 aromatic heterocycles. The first-order valence-corrected chi connectivity index (χ1v) is 9.00. The van der Waals surface area contributed by atoms with E-state index in [1.54, 1.807) is 4.57 Å². The molecule has 1 aliphatic heterocycles. The van der Waals surface area contributed by atoms with Crippen molar-refractivity contribution in [2.24, 2.45) is 0 Å². The van der Waals surface area contributed by atoms with Crippen LogP contribution in [0.5, 0.6) is 5.75 Å². The molecule has 0 saturated heterocycles. The normalized spacial score (nSPS) is 17.6. The van der Waals surface area contributed by atoms with Crippen LogP contribution in [0.1, 0.15) is 24.4 Å². The average Bonchev–Trinajstić information content (AvgIpc) is 3.01. The van der Waals surface area contributed by atoms with Crippen molar-refractivity contribution in [1.82, 2.24) is 14.8 Å². The molecule has 1 fully saturated rings. The highest BCUT2D eigenvalue weighted by Gasteiger charge is 2.34. The summed E-state index contributed by atoms with van der Waals surface area (Å²) in [6, 6.07) is 5.86. The Kier molecular flexibility index (Phi) is 2.77. The van der Waals surface area contributed by atoms with Gasteiger partial charge in [0.05, 0.1) is 6.61 Å². The molecule has 110 valence electrons. The van der Waals surface area contributed by atoms with Crippen LogP contribution in [0.15, 0.2) is 23.4 Å². The maximum atomic E-state index is 11.6. The maximum absolute atomic E-state index is 11.6. The van der Waals surface area contributed by atoms with Crippen molar-refractivity contribution in [1.29, 1.82) is 0 Å². The molecule has 2 aliphatic rings. The minimum atomic E-state index is -3.90. The molecule has 0 bridgehead atoms. The van der Waals surface area contributed by atoms with Crippen molar-refractivity contribution in [3.05, 3.63) is 23.8 Å². The van der Waals surface area contributed by atoms with E-state index in [0.29, 0.717) is 12.4 Å². The van der Waals surface area contributed by atoms with Crippen molar-refractivity contribution >= 4 is 19.7 Å². The largest absolute Gasteiger partial charge is 0.493 e. The van der Waals surface area contributed by atoms with Gasteiger partial charge in [-0.25, -0.2) is 8.42 Å².